The Hall–Kier alpha value is -3.92. The van der Waals surface area contributed by atoms with Gasteiger partial charge in [0, 0.05) is 29.6 Å². The molecule has 11 heteroatoms. The molecule has 3 rings (SSSR count). The lowest BCUT2D eigenvalue weighted by Crippen LogP contribution is -2.48. The highest BCUT2D eigenvalue weighted by Crippen LogP contribution is 2.32. The van der Waals surface area contributed by atoms with Gasteiger partial charge < -0.3 is 15.4 Å². The monoisotopic (exact) mass is 528 g/mol. The van der Waals surface area contributed by atoms with Crippen LogP contribution in [0.1, 0.15) is 56.1 Å². The molecule has 1 unspecified atom stereocenters. The van der Waals surface area contributed by atoms with Crippen LogP contribution in [0.25, 0.3) is 0 Å². The number of anilines is 1. The van der Waals surface area contributed by atoms with E-state index in [9.17, 15) is 24.5 Å². The van der Waals surface area contributed by atoms with Crippen molar-refractivity contribution < 1.29 is 24.0 Å². The maximum Gasteiger partial charge on any atom is 0.338 e. The third-order valence-corrected chi connectivity index (χ3v) is 6.04. The van der Waals surface area contributed by atoms with Gasteiger partial charge in [0.05, 0.1) is 23.1 Å². The summed E-state index contributed by atoms with van der Waals surface area (Å²) in [6, 6.07) is 9.35. The van der Waals surface area contributed by atoms with Gasteiger partial charge in [-0.05, 0) is 49.1 Å². The van der Waals surface area contributed by atoms with Gasteiger partial charge in [0.25, 0.3) is 11.6 Å². The van der Waals surface area contributed by atoms with E-state index >= 15 is 0 Å². The van der Waals surface area contributed by atoms with Gasteiger partial charge in [-0.2, -0.15) is 0 Å². The summed E-state index contributed by atoms with van der Waals surface area (Å²) in [7, 11) is 0. The molecule has 0 saturated carbocycles. The summed E-state index contributed by atoms with van der Waals surface area (Å²) in [6.07, 6.45) is 0.717. The first-order valence-corrected chi connectivity index (χ1v) is 12.2. The van der Waals surface area contributed by atoms with Crippen molar-refractivity contribution in [2.75, 3.05) is 18.5 Å². The Morgan fingerprint density at radius 1 is 1.22 bits per heavy atom. The highest BCUT2D eigenvalue weighted by atomic mass is 35.5. The van der Waals surface area contributed by atoms with Gasteiger partial charge in [-0.1, -0.05) is 44.5 Å². The standard InChI is InChI=1S/C26H29ClN4O6/c1-5-12-30-16(4)22(25(33)37-14-15(2)3)23(29-26(30)34)17-6-9-19(10-7-17)28-24(32)18-8-11-20(27)21(13-18)31(35)36/h6-11,13,15,23H,5,12,14H2,1-4H3,(H,28,32)(H,29,34). The van der Waals surface area contributed by atoms with Gasteiger partial charge in [0.15, 0.2) is 0 Å². The van der Waals surface area contributed by atoms with Crippen molar-refractivity contribution in [2.45, 2.75) is 40.2 Å². The zero-order chi connectivity index (χ0) is 27.3. The summed E-state index contributed by atoms with van der Waals surface area (Å²) < 4.78 is 5.50. The molecule has 10 nitrogen and oxygen atoms in total. The van der Waals surface area contributed by atoms with Crippen LogP contribution < -0.4 is 10.6 Å². The van der Waals surface area contributed by atoms with Crippen molar-refractivity contribution in [3.63, 3.8) is 0 Å². The van der Waals surface area contributed by atoms with E-state index in [-0.39, 0.29) is 34.8 Å². The molecule has 1 heterocycles. The summed E-state index contributed by atoms with van der Waals surface area (Å²) in [4.78, 5) is 50.5. The van der Waals surface area contributed by atoms with Crippen molar-refractivity contribution in [3.05, 3.63) is 80.0 Å². The SMILES string of the molecule is CCCN1C(=O)NC(c2ccc(NC(=O)c3ccc(Cl)c([N+](=O)[O-])c3)cc2)C(C(=O)OCC(C)C)=C1C. The number of allylic oxidation sites excluding steroid dienone is 1. The Balaban J connectivity index is 1.86. The number of halogens is 1. The van der Waals surface area contributed by atoms with Gasteiger partial charge in [0.2, 0.25) is 0 Å². The zero-order valence-electron chi connectivity index (χ0n) is 21.0. The van der Waals surface area contributed by atoms with Gasteiger partial charge >= 0.3 is 12.0 Å². The number of carbonyl (C=O) groups excluding carboxylic acids is 3. The molecule has 1 aliphatic rings. The molecule has 3 amide bonds. The van der Waals surface area contributed by atoms with Crippen molar-refractivity contribution in [2.24, 2.45) is 5.92 Å². The van der Waals surface area contributed by atoms with E-state index < -0.39 is 22.8 Å². The topological polar surface area (TPSA) is 131 Å². The molecule has 0 aromatic heterocycles. The average Bonchev–Trinajstić information content (AvgIpc) is 2.85. The maximum absolute atomic E-state index is 13.0. The van der Waals surface area contributed by atoms with Crippen molar-refractivity contribution >= 4 is 40.9 Å². The Bertz CT molecular complexity index is 1240. The molecule has 2 N–H and O–H groups in total. The number of rotatable bonds is 9. The summed E-state index contributed by atoms with van der Waals surface area (Å²) in [5, 5.41) is 16.6. The highest BCUT2D eigenvalue weighted by Gasteiger charge is 2.36. The van der Waals surface area contributed by atoms with Gasteiger partial charge in [-0.25, -0.2) is 9.59 Å². The molecule has 1 atom stereocenters. The van der Waals surface area contributed by atoms with E-state index in [0.29, 0.717) is 29.1 Å². The molecule has 0 bridgehead atoms. The first-order valence-electron chi connectivity index (χ1n) is 11.8. The normalized spacial score (nSPS) is 15.5. The van der Waals surface area contributed by atoms with E-state index in [2.05, 4.69) is 10.6 Å². The summed E-state index contributed by atoms with van der Waals surface area (Å²) in [6.45, 7) is 8.25. The number of hydrogen-bond donors (Lipinski definition) is 2. The third-order valence-electron chi connectivity index (χ3n) is 5.72. The minimum Gasteiger partial charge on any atom is -0.462 e. The van der Waals surface area contributed by atoms with E-state index in [0.717, 1.165) is 12.5 Å². The smallest absolute Gasteiger partial charge is 0.338 e. The van der Waals surface area contributed by atoms with Crippen LogP contribution in [0.5, 0.6) is 0 Å². The number of nitro benzene ring substituents is 1. The number of nitrogens with zero attached hydrogens (tertiary/aromatic N) is 2. The van der Waals surface area contributed by atoms with Crippen LogP contribution in [0.3, 0.4) is 0 Å². The minimum atomic E-state index is -0.732. The third kappa shape index (κ3) is 6.45. The van der Waals surface area contributed by atoms with Gasteiger partial charge in [0.1, 0.15) is 5.02 Å². The van der Waals surface area contributed by atoms with Gasteiger partial charge in [-0.15, -0.1) is 0 Å². The molecular weight excluding hydrogens is 500 g/mol. The predicted molar refractivity (Wildman–Crippen MR) is 139 cm³/mol. The Morgan fingerprint density at radius 2 is 1.89 bits per heavy atom. The molecule has 0 radical (unpaired) electrons. The lowest BCUT2D eigenvalue weighted by molar-refractivity contribution is -0.384. The molecule has 37 heavy (non-hydrogen) atoms. The minimum absolute atomic E-state index is 0.0657. The number of urea groups is 1. The largest absolute Gasteiger partial charge is 0.462 e. The van der Waals surface area contributed by atoms with Crippen molar-refractivity contribution in [1.82, 2.24) is 10.2 Å². The number of nitrogens with one attached hydrogen (secondary N) is 2. The zero-order valence-corrected chi connectivity index (χ0v) is 21.8. The van der Waals surface area contributed by atoms with Crippen LogP contribution >= 0.6 is 11.6 Å². The van der Waals surface area contributed by atoms with Crippen molar-refractivity contribution in [3.8, 4) is 0 Å². The molecule has 0 fully saturated rings. The number of nitro groups is 1. The molecule has 1 aliphatic heterocycles. The predicted octanol–water partition coefficient (Wildman–Crippen LogP) is 5.45. The molecule has 2 aromatic carbocycles. The highest BCUT2D eigenvalue weighted by molar-refractivity contribution is 6.32. The Labute approximate surface area is 219 Å². The van der Waals surface area contributed by atoms with E-state index in [1.807, 2.05) is 20.8 Å². The summed E-state index contributed by atoms with van der Waals surface area (Å²) in [5.74, 6) is -0.903. The van der Waals surface area contributed by atoms with E-state index in [4.69, 9.17) is 16.3 Å². The lowest BCUT2D eigenvalue weighted by Gasteiger charge is -2.35. The van der Waals surface area contributed by atoms with Crippen LogP contribution in [0.2, 0.25) is 5.02 Å². The second kappa shape index (κ2) is 11.9. The number of carbonyl (C=O) groups is 3. The first kappa shape index (κ1) is 27.7. The average molecular weight is 529 g/mol. The Kier molecular flexibility index (Phi) is 8.88. The van der Waals surface area contributed by atoms with Gasteiger partial charge in [-0.3, -0.25) is 19.8 Å². The fraction of sp³-hybridized carbons (Fsp3) is 0.346. The van der Waals surface area contributed by atoms with E-state index in [1.54, 1.807) is 31.2 Å². The molecular formula is C26H29ClN4O6. The fourth-order valence-corrected chi connectivity index (χ4v) is 4.05. The quantitative estimate of drug-likeness (QED) is 0.253. The van der Waals surface area contributed by atoms with Crippen LogP contribution in [0.4, 0.5) is 16.2 Å². The van der Waals surface area contributed by atoms with Crippen LogP contribution in [0.15, 0.2) is 53.7 Å². The molecule has 0 spiro atoms. The molecule has 2 aromatic rings. The number of amides is 3. The second-order valence-corrected chi connectivity index (χ2v) is 9.43. The number of ether oxygens (including phenoxy) is 1. The Morgan fingerprint density at radius 3 is 2.49 bits per heavy atom. The number of benzene rings is 2. The number of hydrogen-bond acceptors (Lipinski definition) is 6. The first-order chi connectivity index (χ1) is 17.5. The molecule has 0 saturated heterocycles. The second-order valence-electron chi connectivity index (χ2n) is 9.02. The number of esters is 1. The molecule has 0 aliphatic carbocycles. The van der Waals surface area contributed by atoms with Crippen LogP contribution in [-0.2, 0) is 9.53 Å². The van der Waals surface area contributed by atoms with Crippen molar-refractivity contribution in [1.29, 1.82) is 0 Å². The summed E-state index contributed by atoms with van der Waals surface area (Å²) >= 11 is 5.82. The van der Waals surface area contributed by atoms with E-state index in [1.165, 1.54) is 17.0 Å². The molecule has 196 valence electrons. The van der Waals surface area contributed by atoms with Crippen LogP contribution in [0, 0.1) is 16.0 Å². The fourth-order valence-electron chi connectivity index (χ4n) is 3.86. The summed E-state index contributed by atoms with van der Waals surface area (Å²) in [5.41, 5.74) is 1.63. The van der Waals surface area contributed by atoms with Crippen LogP contribution in [-0.4, -0.2) is 40.9 Å². The lowest BCUT2D eigenvalue weighted by atomic mass is 9.94. The maximum atomic E-state index is 13.0.